The molecular weight excluding hydrogens is 462 g/mol. The molecule has 11 nitrogen and oxygen atoms in total. The molecule has 1 aliphatic rings. The maximum Gasteiger partial charge on any atom is 0.270 e. The summed E-state index contributed by atoms with van der Waals surface area (Å²) in [6.45, 7) is 0.979. The number of sulfonamides is 1. The molecule has 3 N–H and O–H groups in total. The second-order valence-corrected chi connectivity index (χ2v) is 9.72. The summed E-state index contributed by atoms with van der Waals surface area (Å²) in [5.74, 6) is -0.545. The summed E-state index contributed by atoms with van der Waals surface area (Å²) >= 11 is 0. The number of hydrogen-bond donors (Lipinski definition) is 2. The first-order valence-corrected chi connectivity index (χ1v) is 12.1. The highest BCUT2D eigenvalue weighted by atomic mass is 32.2. The highest BCUT2D eigenvalue weighted by Gasteiger charge is 2.27. The van der Waals surface area contributed by atoms with Crippen molar-refractivity contribution in [2.45, 2.75) is 24.3 Å². The lowest BCUT2D eigenvalue weighted by Crippen LogP contribution is -2.42. The van der Waals surface area contributed by atoms with Gasteiger partial charge in [-0.15, -0.1) is 0 Å². The van der Waals surface area contributed by atoms with Gasteiger partial charge in [0.2, 0.25) is 21.8 Å². The number of anilines is 1. The Balaban J connectivity index is 1.32. The molecule has 3 aromatic rings. The van der Waals surface area contributed by atoms with Crippen LogP contribution in [0.1, 0.15) is 12.8 Å². The number of benzene rings is 2. The van der Waals surface area contributed by atoms with Gasteiger partial charge in [-0.25, -0.2) is 13.6 Å². The third kappa shape index (κ3) is 5.07. The topological polar surface area (TPSA) is 158 Å². The van der Waals surface area contributed by atoms with Gasteiger partial charge in [-0.1, -0.05) is 0 Å². The number of carbonyl (C=O) groups is 2. The zero-order valence-electron chi connectivity index (χ0n) is 18.1. The van der Waals surface area contributed by atoms with E-state index in [1.54, 1.807) is 27.8 Å². The zero-order valence-corrected chi connectivity index (χ0v) is 18.9. The van der Waals surface area contributed by atoms with Crippen molar-refractivity contribution in [1.29, 1.82) is 0 Å². The van der Waals surface area contributed by atoms with Crippen molar-refractivity contribution in [2.24, 2.45) is 11.1 Å². The fourth-order valence-corrected chi connectivity index (χ4v) is 4.56. The largest absolute Gasteiger partial charge is 0.341 e. The molecule has 2 heterocycles. The van der Waals surface area contributed by atoms with E-state index in [-0.39, 0.29) is 34.9 Å². The number of primary sulfonamides is 1. The van der Waals surface area contributed by atoms with E-state index in [1.165, 1.54) is 36.4 Å². The summed E-state index contributed by atoms with van der Waals surface area (Å²) in [4.78, 5) is 37.6. The Kier molecular flexibility index (Phi) is 6.35. The average Bonchev–Trinajstić information content (AvgIpc) is 3.20. The van der Waals surface area contributed by atoms with Crippen molar-refractivity contribution >= 4 is 44.1 Å². The minimum atomic E-state index is -3.80. The number of nitrogens with zero attached hydrogens (tertiary/aromatic N) is 3. The number of non-ortho nitro benzene ring substituents is 1. The number of hydrogen-bond acceptors (Lipinski definition) is 6. The lowest BCUT2D eigenvalue weighted by atomic mass is 9.95. The van der Waals surface area contributed by atoms with E-state index in [1.807, 2.05) is 0 Å². The van der Waals surface area contributed by atoms with Crippen LogP contribution in [0.3, 0.4) is 0 Å². The molecule has 1 aliphatic heterocycles. The van der Waals surface area contributed by atoms with Gasteiger partial charge in [0.15, 0.2) is 0 Å². The van der Waals surface area contributed by atoms with Crippen LogP contribution >= 0.6 is 0 Å². The molecule has 1 aromatic heterocycles. The molecule has 0 saturated carbocycles. The molecule has 2 aromatic carbocycles. The van der Waals surface area contributed by atoms with Crippen LogP contribution in [-0.2, 0) is 26.2 Å². The average molecular weight is 486 g/mol. The van der Waals surface area contributed by atoms with Crippen LogP contribution in [0.2, 0.25) is 0 Å². The summed E-state index contributed by atoms with van der Waals surface area (Å²) in [5, 5.41) is 19.5. The minimum Gasteiger partial charge on any atom is -0.341 e. The van der Waals surface area contributed by atoms with Crippen molar-refractivity contribution in [3.63, 3.8) is 0 Å². The summed E-state index contributed by atoms with van der Waals surface area (Å²) < 4.78 is 24.4. The van der Waals surface area contributed by atoms with Crippen LogP contribution in [0, 0.1) is 16.0 Å². The van der Waals surface area contributed by atoms with Gasteiger partial charge in [-0.05, 0) is 49.2 Å². The van der Waals surface area contributed by atoms with Gasteiger partial charge in [0.25, 0.3) is 5.69 Å². The number of rotatable bonds is 6. The predicted octanol–water partition coefficient (Wildman–Crippen LogP) is 2.07. The SMILES string of the molecule is NS(=O)(=O)c1ccc(NC(=O)C2CCN(C(=O)Cn3ccc4cc([N+](=O)[O-])ccc43)CC2)cc1. The van der Waals surface area contributed by atoms with Crippen LogP contribution < -0.4 is 10.5 Å². The number of nitro groups is 1. The van der Waals surface area contributed by atoms with Crippen molar-refractivity contribution < 1.29 is 22.9 Å². The molecule has 0 aliphatic carbocycles. The van der Waals surface area contributed by atoms with Crippen LogP contribution in [-0.4, -0.2) is 47.7 Å². The van der Waals surface area contributed by atoms with E-state index in [0.717, 1.165) is 5.52 Å². The Labute approximate surface area is 195 Å². The highest BCUT2D eigenvalue weighted by Crippen LogP contribution is 2.24. The van der Waals surface area contributed by atoms with Crippen molar-refractivity contribution in [1.82, 2.24) is 9.47 Å². The quantitative estimate of drug-likeness (QED) is 0.402. The number of amides is 2. The molecule has 178 valence electrons. The monoisotopic (exact) mass is 485 g/mol. The Morgan fingerprint density at radius 2 is 1.76 bits per heavy atom. The van der Waals surface area contributed by atoms with Gasteiger partial charge >= 0.3 is 0 Å². The van der Waals surface area contributed by atoms with Gasteiger partial charge in [0.1, 0.15) is 6.54 Å². The molecule has 0 bridgehead atoms. The summed E-state index contributed by atoms with van der Waals surface area (Å²) in [6, 6.07) is 11.9. The maximum absolute atomic E-state index is 12.8. The fourth-order valence-electron chi connectivity index (χ4n) is 4.05. The van der Waals surface area contributed by atoms with Gasteiger partial charge in [-0.3, -0.25) is 19.7 Å². The molecule has 1 saturated heterocycles. The number of likely N-dealkylation sites (tertiary alicyclic amines) is 1. The molecule has 0 unspecified atom stereocenters. The van der Waals surface area contributed by atoms with E-state index in [4.69, 9.17) is 5.14 Å². The number of carbonyl (C=O) groups excluding carboxylic acids is 2. The maximum atomic E-state index is 12.8. The van der Waals surface area contributed by atoms with E-state index in [0.29, 0.717) is 37.0 Å². The first-order chi connectivity index (χ1) is 16.1. The molecule has 34 heavy (non-hydrogen) atoms. The van der Waals surface area contributed by atoms with Gasteiger partial charge < -0.3 is 14.8 Å². The molecule has 0 radical (unpaired) electrons. The molecule has 0 atom stereocenters. The van der Waals surface area contributed by atoms with E-state index < -0.39 is 14.9 Å². The molecule has 2 amide bonds. The molecule has 1 fully saturated rings. The predicted molar refractivity (Wildman–Crippen MR) is 124 cm³/mol. The van der Waals surface area contributed by atoms with Crippen LogP contribution in [0.15, 0.2) is 59.6 Å². The molecule has 12 heteroatoms. The number of nitrogens with two attached hydrogens (primary N) is 1. The first kappa shape index (κ1) is 23.4. The van der Waals surface area contributed by atoms with Crippen LogP contribution in [0.4, 0.5) is 11.4 Å². The Bertz CT molecular complexity index is 1360. The number of piperidine rings is 1. The second kappa shape index (κ2) is 9.23. The summed E-state index contributed by atoms with van der Waals surface area (Å²) in [6.07, 6.45) is 2.74. The van der Waals surface area contributed by atoms with Gasteiger partial charge in [0.05, 0.1) is 9.82 Å². The zero-order chi connectivity index (χ0) is 24.5. The number of aromatic nitrogens is 1. The van der Waals surface area contributed by atoms with E-state index >= 15 is 0 Å². The van der Waals surface area contributed by atoms with E-state index in [2.05, 4.69) is 5.32 Å². The Hall–Kier alpha value is -3.77. The third-order valence-corrected chi connectivity index (χ3v) is 6.87. The summed E-state index contributed by atoms with van der Waals surface area (Å²) in [7, 11) is -3.80. The molecule has 4 rings (SSSR count). The lowest BCUT2D eigenvalue weighted by Gasteiger charge is -2.31. The van der Waals surface area contributed by atoms with E-state index in [9.17, 15) is 28.1 Å². The van der Waals surface area contributed by atoms with Crippen LogP contribution in [0.5, 0.6) is 0 Å². The standard InChI is InChI=1S/C22H23N5O6S/c23-34(32,33)19-4-1-17(2-5-19)24-22(29)15-7-10-25(11-8-15)21(28)14-26-12-9-16-13-18(27(30)31)3-6-20(16)26/h1-6,9,12-13,15H,7-8,10-11,14H2,(H,24,29)(H2,23,32,33). The third-order valence-electron chi connectivity index (χ3n) is 5.94. The van der Waals surface area contributed by atoms with Crippen molar-refractivity contribution in [3.05, 3.63) is 64.8 Å². The fraction of sp³-hybridized carbons (Fsp3) is 0.273. The second-order valence-electron chi connectivity index (χ2n) is 8.16. The number of fused-ring (bicyclic) bond motifs is 1. The Morgan fingerprint density at radius 3 is 2.38 bits per heavy atom. The lowest BCUT2D eigenvalue weighted by molar-refractivity contribution is -0.384. The Morgan fingerprint density at radius 1 is 1.09 bits per heavy atom. The van der Waals surface area contributed by atoms with Gasteiger partial charge in [0, 0.05) is 53.9 Å². The van der Waals surface area contributed by atoms with Crippen LogP contribution in [0.25, 0.3) is 10.9 Å². The number of nitro benzene ring substituents is 1. The van der Waals surface area contributed by atoms with Gasteiger partial charge in [-0.2, -0.15) is 0 Å². The van der Waals surface area contributed by atoms with Crippen molar-refractivity contribution in [2.75, 3.05) is 18.4 Å². The molecular formula is C22H23N5O6S. The number of nitrogens with one attached hydrogen (secondary N) is 1. The highest BCUT2D eigenvalue weighted by molar-refractivity contribution is 7.89. The first-order valence-electron chi connectivity index (χ1n) is 10.6. The van der Waals surface area contributed by atoms with Crippen molar-refractivity contribution in [3.8, 4) is 0 Å². The smallest absolute Gasteiger partial charge is 0.270 e. The summed E-state index contributed by atoms with van der Waals surface area (Å²) in [5.41, 5.74) is 1.20. The normalized spacial score (nSPS) is 14.8. The molecule has 0 spiro atoms. The minimum absolute atomic E-state index is 0.00252.